The minimum atomic E-state index is -0.638. The standard InChI is InChI=1S/C32H52FN3O6/c1-23(2)42-31(40)35-14-11-32(12-15-35)10-8-27(32)9-16-41-25(4)18-29(33)24(3)17-30(39)36-20-26(21-36)19-34-13-6-5-7-28(38)22-37/h18,23,26-28,34,37-38H,3-17,19-22H2,1-2H3/b29-18+/t27?,28-/m0/s1. The van der Waals surface area contributed by atoms with Crippen LogP contribution < -0.4 is 5.32 Å². The van der Waals surface area contributed by atoms with E-state index in [1.54, 1.807) is 9.80 Å². The number of piperidine rings is 1. The molecule has 9 nitrogen and oxygen atoms in total. The maximum absolute atomic E-state index is 14.7. The van der Waals surface area contributed by atoms with Crippen molar-refractivity contribution in [1.29, 1.82) is 0 Å². The fourth-order valence-electron chi connectivity index (χ4n) is 6.20. The fourth-order valence-corrected chi connectivity index (χ4v) is 6.20. The van der Waals surface area contributed by atoms with E-state index in [-0.39, 0.29) is 47.9 Å². The lowest BCUT2D eigenvalue weighted by atomic mass is 9.55. The smallest absolute Gasteiger partial charge is 0.410 e. The van der Waals surface area contributed by atoms with Gasteiger partial charge in [0.1, 0.15) is 11.6 Å². The van der Waals surface area contributed by atoms with Crippen LogP contribution >= 0.6 is 0 Å². The second kappa shape index (κ2) is 16.4. The molecule has 0 aromatic rings. The van der Waals surface area contributed by atoms with Gasteiger partial charge in [-0.1, -0.05) is 13.2 Å². The van der Waals surface area contributed by atoms with Crippen LogP contribution in [0.15, 0.2) is 36.4 Å². The number of aliphatic hydroxyl groups excluding tert-OH is 2. The first kappa shape index (κ1) is 34.1. The van der Waals surface area contributed by atoms with Gasteiger partial charge in [-0.3, -0.25) is 4.79 Å². The topological polar surface area (TPSA) is 112 Å². The van der Waals surface area contributed by atoms with Crippen molar-refractivity contribution in [3.05, 3.63) is 36.4 Å². The number of nitrogens with zero attached hydrogens (tertiary/aromatic N) is 2. The van der Waals surface area contributed by atoms with E-state index < -0.39 is 11.9 Å². The van der Waals surface area contributed by atoms with Crippen molar-refractivity contribution in [3.63, 3.8) is 0 Å². The monoisotopic (exact) mass is 593 g/mol. The SMILES string of the molecule is C=C(/C=C(/F)C(=C)CC(=O)N1CC(CNCCCC[C@H](O)CO)C1)OCCC1CCC12CCN(C(=O)OC(C)C)CC2. The Labute approximate surface area is 250 Å². The molecule has 1 saturated carbocycles. The molecule has 2 amide bonds. The van der Waals surface area contributed by atoms with E-state index in [1.165, 1.54) is 12.5 Å². The average molecular weight is 594 g/mol. The van der Waals surface area contributed by atoms with Gasteiger partial charge >= 0.3 is 6.09 Å². The van der Waals surface area contributed by atoms with E-state index in [2.05, 4.69) is 18.5 Å². The molecule has 3 rings (SSSR count). The molecule has 10 heteroatoms. The van der Waals surface area contributed by atoms with Crippen LogP contribution in [-0.2, 0) is 14.3 Å². The van der Waals surface area contributed by atoms with Crippen LogP contribution in [0.1, 0.15) is 71.6 Å². The van der Waals surface area contributed by atoms with Gasteiger partial charge in [-0.25, -0.2) is 9.18 Å². The summed E-state index contributed by atoms with van der Waals surface area (Å²) in [6.07, 6.45) is 7.64. The van der Waals surface area contributed by atoms with Gasteiger partial charge in [0.05, 0.1) is 31.8 Å². The molecule has 1 unspecified atom stereocenters. The highest BCUT2D eigenvalue weighted by Gasteiger charge is 2.48. The molecule has 3 N–H and O–H groups in total. The number of amides is 2. The first-order valence-electron chi connectivity index (χ1n) is 15.6. The van der Waals surface area contributed by atoms with Crippen LogP contribution in [0.3, 0.4) is 0 Å². The lowest BCUT2D eigenvalue weighted by Gasteiger charge is -2.54. The number of likely N-dealkylation sites (tertiary alicyclic amines) is 2. The summed E-state index contributed by atoms with van der Waals surface area (Å²) in [5, 5.41) is 21.5. The number of allylic oxidation sites excluding steroid dienone is 2. The van der Waals surface area contributed by atoms with Crippen molar-refractivity contribution in [2.45, 2.75) is 83.8 Å². The van der Waals surface area contributed by atoms with Crippen LogP contribution in [0.5, 0.6) is 0 Å². The summed E-state index contributed by atoms with van der Waals surface area (Å²) in [5.74, 6) is 0.406. The molecule has 2 atom stereocenters. The summed E-state index contributed by atoms with van der Waals surface area (Å²) in [6.45, 7) is 15.9. The minimum absolute atomic E-state index is 0.0741. The van der Waals surface area contributed by atoms with E-state index in [9.17, 15) is 19.1 Å². The van der Waals surface area contributed by atoms with Gasteiger partial charge in [-0.05, 0) is 88.7 Å². The predicted octanol–water partition coefficient (Wildman–Crippen LogP) is 4.32. The van der Waals surface area contributed by atoms with Gasteiger partial charge in [-0.2, -0.15) is 0 Å². The Morgan fingerprint density at radius 2 is 1.86 bits per heavy atom. The van der Waals surface area contributed by atoms with Gasteiger partial charge < -0.3 is 34.8 Å². The minimum Gasteiger partial charge on any atom is -0.494 e. The molecule has 3 fully saturated rings. The third-order valence-corrected chi connectivity index (χ3v) is 9.05. The molecule has 0 aromatic carbocycles. The van der Waals surface area contributed by atoms with Crippen LogP contribution in [0.25, 0.3) is 0 Å². The van der Waals surface area contributed by atoms with Gasteiger partial charge in [0, 0.05) is 44.7 Å². The van der Waals surface area contributed by atoms with Gasteiger partial charge in [0.25, 0.3) is 0 Å². The normalized spacial score (nSPS) is 21.1. The van der Waals surface area contributed by atoms with Crippen molar-refractivity contribution in [2.75, 3.05) is 52.5 Å². The Morgan fingerprint density at radius 3 is 2.48 bits per heavy atom. The molecule has 2 heterocycles. The number of hydrogen-bond donors (Lipinski definition) is 3. The lowest BCUT2D eigenvalue weighted by Crippen LogP contribution is -2.53. The Kier molecular flexibility index (Phi) is 13.3. The largest absolute Gasteiger partial charge is 0.494 e. The van der Waals surface area contributed by atoms with Crippen LogP contribution in [0, 0.1) is 17.3 Å². The van der Waals surface area contributed by atoms with E-state index in [0.29, 0.717) is 38.0 Å². The highest BCUT2D eigenvalue weighted by atomic mass is 19.1. The van der Waals surface area contributed by atoms with Crippen molar-refractivity contribution < 1.29 is 33.7 Å². The number of aliphatic hydroxyl groups is 2. The molecule has 0 radical (unpaired) electrons. The number of nitrogens with one attached hydrogen (secondary N) is 1. The Morgan fingerprint density at radius 1 is 1.14 bits per heavy atom. The molecule has 1 aliphatic carbocycles. The number of ether oxygens (including phenoxy) is 2. The third kappa shape index (κ3) is 10.1. The second-order valence-corrected chi connectivity index (χ2v) is 12.6. The molecular formula is C32H52FN3O6. The molecule has 1 spiro atoms. The Bertz CT molecular complexity index is 956. The summed E-state index contributed by atoms with van der Waals surface area (Å²) in [6, 6.07) is 0. The maximum atomic E-state index is 14.7. The van der Waals surface area contributed by atoms with Gasteiger partial charge in [-0.15, -0.1) is 0 Å². The summed E-state index contributed by atoms with van der Waals surface area (Å²) in [4.78, 5) is 28.3. The third-order valence-electron chi connectivity index (χ3n) is 9.05. The Balaban J connectivity index is 1.26. The number of hydrogen-bond acceptors (Lipinski definition) is 7. The molecule has 2 aliphatic heterocycles. The zero-order valence-corrected chi connectivity index (χ0v) is 25.6. The molecule has 0 aromatic heterocycles. The number of carbonyl (C=O) groups excluding carboxylic acids is 2. The summed E-state index contributed by atoms with van der Waals surface area (Å²) < 4.78 is 25.8. The predicted molar refractivity (Wildman–Crippen MR) is 160 cm³/mol. The lowest BCUT2D eigenvalue weighted by molar-refractivity contribution is -0.136. The molecule has 42 heavy (non-hydrogen) atoms. The summed E-state index contributed by atoms with van der Waals surface area (Å²) in [5.41, 5.74) is 0.378. The zero-order chi connectivity index (χ0) is 30.7. The second-order valence-electron chi connectivity index (χ2n) is 12.6. The van der Waals surface area contributed by atoms with Crippen LogP contribution in [-0.4, -0.2) is 96.7 Å². The summed E-state index contributed by atoms with van der Waals surface area (Å²) in [7, 11) is 0. The fraction of sp³-hybridized carbons (Fsp3) is 0.750. The zero-order valence-electron chi connectivity index (χ0n) is 25.6. The van der Waals surface area contributed by atoms with E-state index in [0.717, 1.165) is 64.7 Å². The molecular weight excluding hydrogens is 541 g/mol. The number of halogens is 1. The quantitative estimate of drug-likeness (QED) is 0.131. The van der Waals surface area contributed by atoms with Crippen LogP contribution in [0.2, 0.25) is 0 Å². The van der Waals surface area contributed by atoms with E-state index in [1.807, 2.05) is 13.8 Å². The van der Waals surface area contributed by atoms with Crippen molar-refractivity contribution in [1.82, 2.24) is 15.1 Å². The summed E-state index contributed by atoms with van der Waals surface area (Å²) >= 11 is 0. The van der Waals surface area contributed by atoms with Crippen LogP contribution in [0.4, 0.5) is 9.18 Å². The van der Waals surface area contributed by atoms with Crippen molar-refractivity contribution in [2.24, 2.45) is 17.3 Å². The van der Waals surface area contributed by atoms with Gasteiger partial charge in [0.2, 0.25) is 5.91 Å². The molecule has 238 valence electrons. The highest BCUT2D eigenvalue weighted by Crippen LogP contribution is 2.55. The highest BCUT2D eigenvalue weighted by molar-refractivity contribution is 5.80. The Hall–Kier alpha value is -2.43. The number of rotatable bonds is 17. The molecule has 2 saturated heterocycles. The van der Waals surface area contributed by atoms with Crippen molar-refractivity contribution >= 4 is 12.0 Å². The van der Waals surface area contributed by atoms with E-state index >= 15 is 0 Å². The number of carbonyl (C=O) groups is 2. The van der Waals surface area contributed by atoms with Gasteiger partial charge in [0.15, 0.2) is 0 Å². The maximum Gasteiger partial charge on any atom is 0.410 e. The molecule has 0 bridgehead atoms. The number of unbranched alkanes of at least 4 members (excludes halogenated alkanes) is 1. The van der Waals surface area contributed by atoms with Crippen molar-refractivity contribution in [3.8, 4) is 0 Å². The first-order valence-corrected chi connectivity index (χ1v) is 15.6. The first-order chi connectivity index (χ1) is 20.0. The molecule has 3 aliphatic rings. The van der Waals surface area contributed by atoms with E-state index in [4.69, 9.17) is 14.6 Å². The average Bonchev–Trinajstić information content (AvgIpc) is 2.92.